The molecule has 2 aromatic carbocycles. The van der Waals surface area contributed by atoms with Crippen LogP contribution in [0.5, 0.6) is 0 Å². The van der Waals surface area contributed by atoms with Crippen LogP contribution in [0.15, 0.2) is 6.07 Å². The van der Waals surface area contributed by atoms with Crippen LogP contribution in [0, 0.1) is 5.82 Å². The molecule has 31 heavy (non-hydrogen) atoms. The molecule has 2 aliphatic carbocycles. The summed E-state index contributed by atoms with van der Waals surface area (Å²) in [4.78, 5) is 0. The normalized spacial score (nSPS) is 14.0. The lowest BCUT2D eigenvalue weighted by molar-refractivity contribution is 0.594. The molecule has 170 valence electrons. The highest BCUT2D eigenvalue weighted by Gasteiger charge is 2.24. The average Bonchev–Trinajstić information content (AvgIpc) is 3.47. The van der Waals surface area contributed by atoms with E-state index in [0.29, 0.717) is 0 Å². The van der Waals surface area contributed by atoms with Crippen molar-refractivity contribution in [1.82, 2.24) is 0 Å². The molecule has 2 aliphatic rings. The van der Waals surface area contributed by atoms with Crippen LogP contribution in [0.1, 0.15) is 85.0 Å². The minimum absolute atomic E-state index is 0.0749. The van der Waals surface area contributed by atoms with Gasteiger partial charge in [0, 0.05) is 25.5 Å². The fourth-order valence-corrected chi connectivity index (χ4v) is 5.84. The van der Waals surface area contributed by atoms with Crippen molar-refractivity contribution in [2.24, 2.45) is 0 Å². The molecule has 0 spiro atoms. The Balaban J connectivity index is 0.000000176. The summed E-state index contributed by atoms with van der Waals surface area (Å²) in [5.74, 6) is 0.0749. The minimum Gasteiger partial charge on any atom is -0.388 e. The summed E-state index contributed by atoms with van der Waals surface area (Å²) in [6, 6.07) is 2.45. The Morgan fingerprint density at radius 2 is 1.23 bits per heavy atom. The van der Waals surface area contributed by atoms with E-state index in [1.54, 1.807) is 22.3 Å². The lowest BCUT2D eigenvalue weighted by Crippen LogP contribution is -2.08. The van der Waals surface area contributed by atoms with Crippen molar-refractivity contribution in [2.75, 3.05) is 24.7 Å². The van der Waals surface area contributed by atoms with Gasteiger partial charge in [0.05, 0.1) is 0 Å². The Morgan fingerprint density at radius 1 is 0.677 bits per heavy atom. The third kappa shape index (κ3) is 4.33. The van der Waals surface area contributed by atoms with E-state index in [2.05, 4.69) is 44.5 Å². The van der Waals surface area contributed by atoms with Gasteiger partial charge in [-0.25, -0.2) is 4.39 Å². The maximum absolute atomic E-state index is 14.3. The fraction of sp³-hybridized carbons (Fsp3) is 0.571. The van der Waals surface area contributed by atoms with Crippen molar-refractivity contribution in [2.45, 2.75) is 91.9 Å². The Kier molecular flexibility index (Phi) is 8.02. The summed E-state index contributed by atoms with van der Waals surface area (Å²) in [7, 11) is 4.01. The molecule has 0 aliphatic heterocycles. The first-order valence-electron chi connectivity index (χ1n) is 12.4. The van der Waals surface area contributed by atoms with Crippen molar-refractivity contribution < 1.29 is 4.39 Å². The van der Waals surface area contributed by atoms with Gasteiger partial charge in [-0.05, 0) is 109 Å². The molecular weight excluding hydrogens is 383 g/mol. The number of rotatable bonds is 6. The molecule has 2 nitrogen and oxygen atoms in total. The molecule has 0 heterocycles. The Bertz CT molecular complexity index is 925. The van der Waals surface area contributed by atoms with E-state index in [-0.39, 0.29) is 5.82 Å². The first-order valence-corrected chi connectivity index (χ1v) is 12.4. The largest absolute Gasteiger partial charge is 0.388 e. The van der Waals surface area contributed by atoms with Crippen molar-refractivity contribution >= 4 is 11.4 Å². The van der Waals surface area contributed by atoms with Crippen molar-refractivity contribution in [3.8, 4) is 0 Å². The van der Waals surface area contributed by atoms with Gasteiger partial charge in [-0.3, -0.25) is 0 Å². The fourth-order valence-electron chi connectivity index (χ4n) is 5.84. The van der Waals surface area contributed by atoms with E-state index < -0.39 is 0 Å². The third-order valence-corrected chi connectivity index (χ3v) is 7.26. The lowest BCUT2D eigenvalue weighted by Gasteiger charge is -2.18. The van der Waals surface area contributed by atoms with E-state index in [0.717, 1.165) is 56.1 Å². The van der Waals surface area contributed by atoms with Crippen molar-refractivity contribution in [1.29, 1.82) is 0 Å². The molecular formula is C28H41FN2. The molecule has 0 unspecified atom stereocenters. The van der Waals surface area contributed by atoms with Crippen molar-refractivity contribution in [3.05, 3.63) is 56.4 Å². The van der Waals surface area contributed by atoms with Gasteiger partial charge in [0.1, 0.15) is 5.82 Å². The second-order valence-electron chi connectivity index (χ2n) is 8.75. The molecule has 3 heteroatoms. The predicted molar refractivity (Wildman–Crippen MR) is 133 cm³/mol. The number of hydrogen-bond donors (Lipinski definition) is 2. The van der Waals surface area contributed by atoms with Crippen LogP contribution in [0.4, 0.5) is 15.8 Å². The lowest BCUT2D eigenvalue weighted by atomic mass is 9.93. The molecule has 0 saturated carbocycles. The SMILES string of the molecule is CCc1c(F)c2c(c(NC)c1CC)CCC2.CCc1cc2c(c(NC)c1CC)CCC2. The number of benzene rings is 2. The summed E-state index contributed by atoms with van der Waals surface area (Å²) >= 11 is 0. The molecule has 2 aromatic rings. The highest BCUT2D eigenvalue weighted by Crippen LogP contribution is 2.37. The molecule has 0 amide bonds. The summed E-state index contributed by atoms with van der Waals surface area (Å²) in [6.45, 7) is 8.67. The van der Waals surface area contributed by atoms with E-state index in [1.165, 1.54) is 41.8 Å². The molecule has 0 aromatic heterocycles. The smallest absolute Gasteiger partial charge is 0.130 e. The quantitative estimate of drug-likeness (QED) is 0.531. The van der Waals surface area contributed by atoms with Crippen LogP contribution < -0.4 is 10.6 Å². The molecule has 4 rings (SSSR count). The van der Waals surface area contributed by atoms with Gasteiger partial charge in [0.25, 0.3) is 0 Å². The van der Waals surface area contributed by atoms with E-state index in [4.69, 9.17) is 0 Å². The van der Waals surface area contributed by atoms with Crippen LogP contribution in [0.2, 0.25) is 0 Å². The van der Waals surface area contributed by atoms with Crippen LogP contribution in [0.3, 0.4) is 0 Å². The Morgan fingerprint density at radius 3 is 1.81 bits per heavy atom. The zero-order valence-corrected chi connectivity index (χ0v) is 20.5. The first kappa shape index (κ1) is 23.6. The van der Waals surface area contributed by atoms with Gasteiger partial charge in [-0.15, -0.1) is 0 Å². The van der Waals surface area contributed by atoms with Crippen LogP contribution in [-0.4, -0.2) is 14.1 Å². The number of aryl methyl sites for hydroxylation is 2. The van der Waals surface area contributed by atoms with Gasteiger partial charge < -0.3 is 10.6 Å². The van der Waals surface area contributed by atoms with Gasteiger partial charge in [-0.1, -0.05) is 33.8 Å². The molecule has 0 radical (unpaired) electrons. The summed E-state index contributed by atoms with van der Waals surface area (Å²) in [5.41, 5.74) is 13.2. The Hall–Kier alpha value is -2.03. The first-order chi connectivity index (χ1) is 15.1. The van der Waals surface area contributed by atoms with E-state index >= 15 is 0 Å². The topological polar surface area (TPSA) is 24.1 Å². The molecule has 0 bridgehead atoms. The van der Waals surface area contributed by atoms with Gasteiger partial charge in [0.15, 0.2) is 0 Å². The summed E-state index contributed by atoms with van der Waals surface area (Å²) < 4.78 is 14.3. The Labute approximate surface area is 189 Å². The molecule has 2 N–H and O–H groups in total. The van der Waals surface area contributed by atoms with E-state index in [1.807, 2.05) is 14.0 Å². The summed E-state index contributed by atoms with van der Waals surface area (Å²) in [6.07, 6.45) is 10.9. The molecule has 0 fully saturated rings. The minimum atomic E-state index is 0.0749. The summed E-state index contributed by atoms with van der Waals surface area (Å²) in [5, 5.41) is 6.70. The van der Waals surface area contributed by atoms with Gasteiger partial charge in [-0.2, -0.15) is 0 Å². The zero-order chi connectivity index (χ0) is 22.5. The number of nitrogens with one attached hydrogen (secondary N) is 2. The average molecular weight is 425 g/mol. The van der Waals surface area contributed by atoms with Gasteiger partial charge in [0.2, 0.25) is 0 Å². The predicted octanol–water partition coefficient (Wildman–Crippen LogP) is 6.82. The zero-order valence-electron chi connectivity index (χ0n) is 20.5. The second kappa shape index (κ2) is 10.5. The third-order valence-electron chi connectivity index (χ3n) is 7.26. The van der Waals surface area contributed by atoms with Crippen LogP contribution >= 0.6 is 0 Å². The number of anilines is 2. The molecule has 0 atom stereocenters. The monoisotopic (exact) mass is 424 g/mol. The molecule has 0 saturated heterocycles. The second-order valence-corrected chi connectivity index (χ2v) is 8.75. The van der Waals surface area contributed by atoms with Crippen LogP contribution in [-0.2, 0) is 51.4 Å². The highest BCUT2D eigenvalue weighted by atomic mass is 19.1. The standard InChI is InChI=1S/C14H20FN.C14H21N/c1-4-9-10(5-2)14(16-3)12-8-6-7-11(12)13(9)15;1-4-10-9-11-7-6-8-13(11)14(15-3)12(10)5-2/h16H,4-8H2,1-3H3;9,15H,4-8H2,1-3H3. The maximum Gasteiger partial charge on any atom is 0.130 e. The highest BCUT2D eigenvalue weighted by molar-refractivity contribution is 5.66. The number of fused-ring (bicyclic) bond motifs is 2. The maximum atomic E-state index is 14.3. The number of halogens is 1. The number of hydrogen-bond acceptors (Lipinski definition) is 2. The van der Waals surface area contributed by atoms with E-state index in [9.17, 15) is 4.39 Å². The van der Waals surface area contributed by atoms with Crippen molar-refractivity contribution in [3.63, 3.8) is 0 Å². The van der Waals surface area contributed by atoms with Gasteiger partial charge >= 0.3 is 0 Å². The van der Waals surface area contributed by atoms with Crippen LogP contribution in [0.25, 0.3) is 0 Å².